The highest BCUT2D eigenvalue weighted by atomic mass is 35.5. The van der Waals surface area contributed by atoms with Gasteiger partial charge in [-0.25, -0.2) is 0 Å². The highest BCUT2D eigenvalue weighted by molar-refractivity contribution is 6.67. The lowest BCUT2D eigenvalue weighted by Crippen LogP contribution is -2.21. The molecule has 15 heavy (non-hydrogen) atoms. The lowest BCUT2D eigenvalue weighted by atomic mass is 10.0. The summed E-state index contributed by atoms with van der Waals surface area (Å²) in [5.41, 5.74) is 0. The van der Waals surface area contributed by atoms with Crippen molar-refractivity contribution in [1.29, 1.82) is 5.41 Å². The standard InChI is InChI=1S/C12H19ClN2/c1-15-11-8-7-10(9-11)5-3-2-4-6-12(13)14/h2-4,6,10-11,14-15H,5,7-9H2,1H3/b3-2+,6-4-,14-12?. The van der Waals surface area contributed by atoms with Gasteiger partial charge >= 0.3 is 0 Å². The van der Waals surface area contributed by atoms with E-state index in [1.807, 2.05) is 19.2 Å². The zero-order valence-corrected chi connectivity index (χ0v) is 9.93. The molecule has 0 bridgehead atoms. The number of rotatable bonds is 5. The summed E-state index contributed by atoms with van der Waals surface area (Å²) in [6.45, 7) is 0. The van der Waals surface area contributed by atoms with Crippen LogP contribution in [-0.2, 0) is 0 Å². The first kappa shape index (κ1) is 12.5. The number of hydrogen-bond acceptors (Lipinski definition) is 2. The summed E-state index contributed by atoms with van der Waals surface area (Å²) in [6, 6.07) is 0.718. The second-order valence-corrected chi connectivity index (χ2v) is 4.44. The van der Waals surface area contributed by atoms with Gasteiger partial charge in [0.15, 0.2) is 0 Å². The van der Waals surface area contributed by atoms with Crippen molar-refractivity contribution in [3.8, 4) is 0 Å². The number of nitrogens with one attached hydrogen (secondary N) is 2. The molecule has 0 aliphatic heterocycles. The molecular formula is C12H19ClN2. The molecule has 0 aromatic carbocycles. The third kappa shape index (κ3) is 5.14. The van der Waals surface area contributed by atoms with Gasteiger partial charge in [-0.05, 0) is 44.7 Å². The van der Waals surface area contributed by atoms with E-state index in [1.54, 1.807) is 6.08 Å². The minimum absolute atomic E-state index is 0.0794. The Bertz CT molecular complexity index is 258. The van der Waals surface area contributed by atoms with Gasteiger partial charge < -0.3 is 5.32 Å². The van der Waals surface area contributed by atoms with Crippen molar-refractivity contribution in [2.24, 2.45) is 5.92 Å². The van der Waals surface area contributed by atoms with Crippen molar-refractivity contribution in [1.82, 2.24) is 5.32 Å². The third-order valence-electron chi connectivity index (χ3n) is 2.91. The minimum Gasteiger partial charge on any atom is -0.317 e. The van der Waals surface area contributed by atoms with Crippen molar-refractivity contribution in [2.45, 2.75) is 31.7 Å². The van der Waals surface area contributed by atoms with Crippen LogP contribution in [0.4, 0.5) is 0 Å². The average Bonchev–Trinajstić information content (AvgIpc) is 2.65. The first-order valence-corrected chi connectivity index (χ1v) is 5.84. The summed E-state index contributed by atoms with van der Waals surface area (Å²) in [6.07, 6.45) is 12.6. The van der Waals surface area contributed by atoms with Gasteiger partial charge in [-0.15, -0.1) is 0 Å². The molecule has 0 saturated heterocycles. The van der Waals surface area contributed by atoms with Crippen LogP contribution in [-0.4, -0.2) is 18.3 Å². The Balaban J connectivity index is 2.18. The molecule has 3 heteroatoms. The molecule has 0 aromatic heterocycles. The van der Waals surface area contributed by atoms with E-state index < -0.39 is 0 Å². The zero-order chi connectivity index (χ0) is 11.1. The Hall–Kier alpha value is -0.600. The first-order chi connectivity index (χ1) is 7.22. The number of allylic oxidation sites excluding steroid dienone is 4. The van der Waals surface area contributed by atoms with Crippen molar-refractivity contribution >= 4 is 16.8 Å². The first-order valence-electron chi connectivity index (χ1n) is 5.47. The molecule has 0 amide bonds. The maximum absolute atomic E-state index is 6.98. The maximum atomic E-state index is 6.98. The Morgan fingerprint density at radius 3 is 2.87 bits per heavy atom. The molecule has 1 aliphatic carbocycles. The normalized spacial score (nSPS) is 26.8. The summed E-state index contributed by atoms with van der Waals surface area (Å²) in [4.78, 5) is 0. The monoisotopic (exact) mass is 226 g/mol. The van der Waals surface area contributed by atoms with E-state index in [2.05, 4.69) is 11.4 Å². The van der Waals surface area contributed by atoms with E-state index in [0.29, 0.717) is 0 Å². The van der Waals surface area contributed by atoms with Crippen LogP contribution in [0, 0.1) is 11.3 Å². The van der Waals surface area contributed by atoms with Crippen LogP contribution in [0.2, 0.25) is 0 Å². The van der Waals surface area contributed by atoms with E-state index in [1.165, 1.54) is 19.3 Å². The largest absolute Gasteiger partial charge is 0.317 e. The van der Waals surface area contributed by atoms with E-state index in [0.717, 1.165) is 18.4 Å². The molecule has 2 unspecified atom stereocenters. The molecule has 2 atom stereocenters. The molecular weight excluding hydrogens is 208 g/mol. The van der Waals surface area contributed by atoms with Crippen molar-refractivity contribution in [2.75, 3.05) is 7.05 Å². The van der Waals surface area contributed by atoms with Crippen molar-refractivity contribution in [3.63, 3.8) is 0 Å². The van der Waals surface area contributed by atoms with Gasteiger partial charge in [0.2, 0.25) is 0 Å². The van der Waals surface area contributed by atoms with Crippen molar-refractivity contribution < 1.29 is 0 Å². The fourth-order valence-electron chi connectivity index (χ4n) is 2.04. The highest BCUT2D eigenvalue weighted by Gasteiger charge is 2.21. The van der Waals surface area contributed by atoms with E-state index in [9.17, 15) is 0 Å². The third-order valence-corrected chi connectivity index (χ3v) is 3.03. The molecule has 84 valence electrons. The number of hydrogen-bond donors (Lipinski definition) is 2. The second kappa shape index (κ2) is 6.81. The quantitative estimate of drug-likeness (QED) is 0.549. The lowest BCUT2D eigenvalue weighted by Gasteiger charge is -2.07. The SMILES string of the molecule is CNC1CCC(C/C=C/C=C\C(=N)Cl)C1. The molecule has 0 radical (unpaired) electrons. The van der Waals surface area contributed by atoms with E-state index in [-0.39, 0.29) is 5.17 Å². The summed E-state index contributed by atoms with van der Waals surface area (Å²) >= 11 is 5.38. The molecule has 0 spiro atoms. The summed E-state index contributed by atoms with van der Waals surface area (Å²) < 4.78 is 0. The van der Waals surface area contributed by atoms with Gasteiger partial charge in [-0.1, -0.05) is 29.8 Å². The van der Waals surface area contributed by atoms with Crippen LogP contribution in [0.3, 0.4) is 0 Å². The van der Waals surface area contributed by atoms with Crippen LogP contribution in [0.1, 0.15) is 25.7 Å². The van der Waals surface area contributed by atoms with Gasteiger partial charge in [0, 0.05) is 6.04 Å². The number of halogens is 1. The lowest BCUT2D eigenvalue weighted by molar-refractivity contribution is 0.517. The Kier molecular flexibility index (Phi) is 5.66. The topological polar surface area (TPSA) is 35.9 Å². The minimum atomic E-state index is 0.0794. The fourth-order valence-corrected chi connectivity index (χ4v) is 2.11. The van der Waals surface area contributed by atoms with Crippen LogP contribution in [0.5, 0.6) is 0 Å². The highest BCUT2D eigenvalue weighted by Crippen LogP contribution is 2.28. The Morgan fingerprint density at radius 1 is 1.47 bits per heavy atom. The van der Waals surface area contributed by atoms with Crippen LogP contribution >= 0.6 is 11.6 Å². The second-order valence-electron chi connectivity index (χ2n) is 4.04. The summed E-state index contributed by atoms with van der Waals surface area (Å²) in [7, 11) is 2.04. The molecule has 1 fully saturated rings. The van der Waals surface area contributed by atoms with E-state index >= 15 is 0 Å². The fraction of sp³-hybridized carbons (Fsp3) is 0.583. The maximum Gasteiger partial charge on any atom is 0.120 e. The molecule has 1 rings (SSSR count). The van der Waals surface area contributed by atoms with E-state index in [4.69, 9.17) is 17.0 Å². The summed E-state index contributed by atoms with van der Waals surface area (Å²) in [5.74, 6) is 0.822. The predicted octanol–water partition coefficient (Wildman–Crippen LogP) is 3.09. The van der Waals surface area contributed by atoms with Gasteiger partial charge in [0.25, 0.3) is 0 Å². The molecule has 2 N–H and O–H groups in total. The predicted molar refractivity (Wildman–Crippen MR) is 66.7 cm³/mol. The van der Waals surface area contributed by atoms with Gasteiger partial charge in [0.05, 0.1) is 0 Å². The van der Waals surface area contributed by atoms with Gasteiger partial charge in [-0.2, -0.15) is 0 Å². The molecule has 0 aromatic rings. The molecule has 2 nitrogen and oxygen atoms in total. The molecule has 1 saturated carbocycles. The van der Waals surface area contributed by atoms with Crippen LogP contribution < -0.4 is 5.32 Å². The van der Waals surface area contributed by atoms with Gasteiger partial charge in [0.1, 0.15) is 5.17 Å². The Morgan fingerprint density at radius 2 is 2.27 bits per heavy atom. The smallest absolute Gasteiger partial charge is 0.120 e. The average molecular weight is 227 g/mol. The Labute approximate surface area is 96.9 Å². The van der Waals surface area contributed by atoms with Crippen LogP contribution in [0.15, 0.2) is 24.3 Å². The van der Waals surface area contributed by atoms with Crippen LogP contribution in [0.25, 0.3) is 0 Å². The van der Waals surface area contributed by atoms with Crippen molar-refractivity contribution in [3.05, 3.63) is 24.3 Å². The molecule has 1 aliphatic rings. The summed E-state index contributed by atoms with van der Waals surface area (Å²) in [5, 5.41) is 10.4. The van der Waals surface area contributed by atoms with Gasteiger partial charge in [-0.3, -0.25) is 5.41 Å². The zero-order valence-electron chi connectivity index (χ0n) is 9.17. The molecule has 0 heterocycles.